The van der Waals surface area contributed by atoms with Crippen molar-refractivity contribution >= 4 is 23.9 Å². The monoisotopic (exact) mass is 438 g/mol. The van der Waals surface area contributed by atoms with Crippen LogP contribution in [-0.4, -0.2) is 47.0 Å². The van der Waals surface area contributed by atoms with Crippen molar-refractivity contribution in [3.8, 4) is 0 Å². The number of rotatable bonds is 7. The van der Waals surface area contributed by atoms with Crippen LogP contribution in [0.2, 0.25) is 0 Å². The summed E-state index contributed by atoms with van der Waals surface area (Å²) in [7, 11) is 0. The first-order valence-electron chi connectivity index (χ1n) is 10.3. The van der Waals surface area contributed by atoms with Gasteiger partial charge >= 0.3 is 12.1 Å². The molecule has 1 heterocycles. The van der Waals surface area contributed by atoms with E-state index in [1.54, 1.807) is 45.0 Å². The Labute approximate surface area is 186 Å². The van der Waals surface area contributed by atoms with Gasteiger partial charge in [-0.1, -0.05) is 42.5 Å². The molecular formula is C24H26N2O6. The number of imide groups is 1. The molecule has 0 saturated heterocycles. The van der Waals surface area contributed by atoms with Gasteiger partial charge in [0, 0.05) is 6.54 Å². The lowest BCUT2D eigenvalue weighted by molar-refractivity contribution is -0.147. The smallest absolute Gasteiger partial charge is 0.408 e. The number of benzene rings is 2. The van der Waals surface area contributed by atoms with Crippen molar-refractivity contribution in [1.29, 1.82) is 0 Å². The summed E-state index contributed by atoms with van der Waals surface area (Å²) >= 11 is 0. The lowest BCUT2D eigenvalue weighted by Crippen LogP contribution is -2.46. The molecule has 0 aromatic heterocycles. The first-order valence-corrected chi connectivity index (χ1v) is 10.3. The van der Waals surface area contributed by atoms with Crippen LogP contribution in [0, 0.1) is 0 Å². The van der Waals surface area contributed by atoms with Crippen LogP contribution in [0.25, 0.3) is 0 Å². The second-order valence-electron chi connectivity index (χ2n) is 8.39. The summed E-state index contributed by atoms with van der Waals surface area (Å²) in [6.45, 7) is 5.07. The standard InChI is InChI=1S/C24H26N2O6/c1-24(2,3)32-23(30)25-19(22(29)31-15-16-9-5-4-6-10-16)13-14-26-20(27)17-11-7-8-12-18(17)21(26)28/h4-12,19H,13-15H2,1-3H3,(H,25,30). The molecule has 8 nitrogen and oxygen atoms in total. The molecule has 0 spiro atoms. The topological polar surface area (TPSA) is 102 Å². The zero-order chi connectivity index (χ0) is 23.3. The first kappa shape index (κ1) is 23.0. The summed E-state index contributed by atoms with van der Waals surface area (Å²) in [5.41, 5.74) is 0.671. The van der Waals surface area contributed by atoms with Crippen molar-refractivity contribution in [2.75, 3.05) is 6.54 Å². The third kappa shape index (κ3) is 5.72. The van der Waals surface area contributed by atoms with E-state index in [-0.39, 0.29) is 19.6 Å². The fourth-order valence-corrected chi connectivity index (χ4v) is 3.23. The van der Waals surface area contributed by atoms with Gasteiger partial charge in [0.1, 0.15) is 18.2 Å². The van der Waals surface area contributed by atoms with Gasteiger partial charge in [0.05, 0.1) is 11.1 Å². The highest BCUT2D eigenvalue weighted by atomic mass is 16.6. The van der Waals surface area contributed by atoms with E-state index in [0.717, 1.165) is 10.5 Å². The summed E-state index contributed by atoms with van der Waals surface area (Å²) < 4.78 is 10.6. The van der Waals surface area contributed by atoms with Gasteiger partial charge in [-0.15, -0.1) is 0 Å². The second-order valence-corrected chi connectivity index (χ2v) is 8.39. The number of hydrogen-bond acceptors (Lipinski definition) is 6. The molecule has 32 heavy (non-hydrogen) atoms. The summed E-state index contributed by atoms with van der Waals surface area (Å²) in [6, 6.07) is 14.5. The molecule has 1 aliphatic rings. The molecule has 1 aliphatic heterocycles. The minimum Gasteiger partial charge on any atom is -0.459 e. The molecule has 3 rings (SSSR count). The van der Waals surface area contributed by atoms with Crippen LogP contribution in [0.4, 0.5) is 4.79 Å². The number of amides is 3. The minimum absolute atomic E-state index is 0.0155. The Morgan fingerprint density at radius 1 is 0.938 bits per heavy atom. The van der Waals surface area contributed by atoms with Crippen LogP contribution >= 0.6 is 0 Å². The number of ether oxygens (including phenoxy) is 2. The van der Waals surface area contributed by atoms with E-state index in [4.69, 9.17) is 9.47 Å². The maximum absolute atomic E-state index is 12.7. The molecule has 2 aromatic carbocycles. The summed E-state index contributed by atoms with van der Waals surface area (Å²) in [5.74, 6) is -1.55. The zero-order valence-electron chi connectivity index (χ0n) is 18.3. The van der Waals surface area contributed by atoms with Gasteiger partial charge in [-0.25, -0.2) is 9.59 Å². The van der Waals surface area contributed by atoms with Gasteiger partial charge in [-0.05, 0) is 44.9 Å². The van der Waals surface area contributed by atoms with Crippen molar-refractivity contribution in [2.24, 2.45) is 0 Å². The number of fused-ring (bicyclic) bond motifs is 1. The van der Waals surface area contributed by atoms with Crippen LogP contribution < -0.4 is 5.32 Å². The molecule has 0 fully saturated rings. The fourth-order valence-electron chi connectivity index (χ4n) is 3.23. The SMILES string of the molecule is CC(C)(C)OC(=O)NC(CCN1C(=O)c2ccccc2C1=O)C(=O)OCc1ccccc1. The lowest BCUT2D eigenvalue weighted by atomic mass is 10.1. The molecular weight excluding hydrogens is 412 g/mol. The fraction of sp³-hybridized carbons (Fsp3) is 0.333. The Morgan fingerprint density at radius 2 is 1.50 bits per heavy atom. The van der Waals surface area contributed by atoms with E-state index in [9.17, 15) is 19.2 Å². The average Bonchev–Trinajstić information content (AvgIpc) is 2.99. The summed E-state index contributed by atoms with van der Waals surface area (Å²) in [5, 5.41) is 2.50. The van der Waals surface area contributed by atoms with Crippen LogP contribution in [0.5, 0.6) is 0 Å². The van der Waals surface area contributed by atoms with E-state index < -0.39 is 35.5 Å². The molecule has 0 aliphatic carbocycles. The van der Waals surface area contributed by atoms with Gasteiger partial charge < -0.3 is 14.8 Å². The number of nitrogens with one attached hydrogen (secondary N) is 1. The van der Waals surface area contributed by atoms with Crippen LogP contribution in [0.15, 0.2) is 54.6 Å². The maximum atomic E-state index is 12.7. The highest BCUT2D eigenvalue weighted by Crippen LogP contribution is 2.23. The van der Waals surface area contributed by atoms with Crippen LogP contribution in [-0.2, 0) is 20.9 Å². The molecule has 2 aromatic rings. The molecule has 0 radical (unpaired) electrons. The molecule has 168 valence electrons. The van der Waals surface area contributed by atoms with E-state index >= 15 is 0 Å². The average molecular weight is 438 g/mol. The Hall–Kier alpha value is -3.68. The number of alkyl carbamates (subject to hydrolysis) is 1. The molecule has 8 heteroatoms. The molecule has 0 saturated carbocycles. The quantitative estimate of drug-likeness (QED) is 0.526. The highest BCUT2D eigenvalue weighted by molar-refractivity contribution is 6.21. The number of carbonyl (C=O) groups excluding carboxylic acids is 4. The lowest BCUT2D eigenvalue weighted by Gasteiger charge is -2.24. The highest BCUT2D eigenvalue weighted by Gasteiger charge is 2.36. The first-order chi connectivity index (χ1) is 15.2. The minimum atomic E-state index is -1.10. The van der Waals surface area contributed by atoms with Crippen molar-refractivity contribution in [3.63, 3.8) is 0 Å². The Balaban J connectivity index is 1.67. The van der Waals surface area contributed by atoms with Gasteiger partial charge in [-0.3, -0.25) is 14.5 Å². The number of nitrogens with zero attached hydrogens (tertiary/aromatic N) is 1. The van der Waals surface area contributed by atoms with Crippen LogP contribution in [0.1, 0.15) is 53.5 Å². The molecule has 1 N–H and O–H groups in total. The Bertz CT molecular complexity index is 978. The maximum Gasteiger partial charge on any atom is 0.408 e. The third-order valence-electron chi connectivity index (χ3n) is 4.72. The number of esters is 1. The van der Waals surface area contributed by atoms with Crippen molar-refractivity contribution < 1.29 is 28.7 Å². The molecule has 3 amide bonds. The Kier molecular flexibility index (Phi) is 6.92. The second kappa shape index (κ2) is 9.64. The largest absolute Gasteiger partial charge is 0.459 e. The molecule has 0 bridgehead atoms. The van der Waals surface area contributed by atoms with Gasteiger partial charge in [-0.2, -0.15) is 0 Å². The van der Waals surface area contributed by atoms with Crippen molar-refractivity contribution in [1.82, 2.24) is 10.2 Å². The summed E-state index contributed by atoms with van der Waals surface area (Å²) in [6.07, 6.45) is -0.806. The van der Waals surface area contributed by atoms with E-state index in [2.05, 4.69) is 5.32 Å². The van der Waals surface area contributed by atoms with E-state index in [1.807, 2.05) is 30.3 Å². The van der Waals surface area contributed by atoms with Gasteiger partial charge in [0.15, 0.2) is 0 Å². The van der Waals surface area contributed by atoms with Gasteiger partial charge in [0.2, 0.25) is 0 Å². The molecule has 1 atom stereocenters. The van der Waals surface area contributed by atoms with Crippen molar-refractivity contribution in [2.45, 2.75) is 45.4 Å². The number of carbonyl (C=O) groups is 4. The van der Waals surface area contributed by atoms with E-state index in [0.29, 0.717) is 11.1 Å². The molecule has 1 unspecified atom stereocenters. The summed E-state index contributed by atoms with van der Waals surface area (Å²) in [4.78, 5) is 51.2. The zero-order valence-corrected chi connectivity index (χ0v) is 18.3. The third-order valence-corrected chi connectivity index (χ3v) is 4.72. The predicted octanol–water partition coefficient (Wildman–Crippen LogP) is 3.31. The van der Waals surface area contributed by atoms with Gasteiger partial charge in [0.25, 0.3) is 11.8 Å². The number of hydrogen-bond donors (Lipinski definition) is 1. The van der Waals surface area contributed by atoms with Crippen LogP contribution in [0.3, 0.4) is 0 Å². The predicted molar refractivity (Wildman–Crippen MR) is 116 cm³/mol. The van der Waals surface area contributed by atoms with Crippen molar-refractivity contribution in [3.05, 3.63) is 71.3 Å². The van der Waals surface area contributed by atoms with E-state index in [1.165, 1.54) is 0 Å². The Morgan fingerprint density at radius 3 is 2.06 bits per heavy atom. The normalized spacial score (nSPS) is 14.0.